The molecule has 5 heteroatoms. The number of rotatable bonds is 9. The van der Waals surface area contributed by atoms with E-state index in [9.17, 15) is 0 Å². The van der Waals surface area contributed by atoms with Crippen molar-refractivity contribution in [3.05, 3.63) is 228 Å². The molecule has 4 nitrogen and oxygen atoms in total. The highest BCUT2D eigenvalue weighted by atomic mass is 15.3. The first-order valence-electron chi connectivity index (χ1n) is 31.3. The van der Waals surface area contributed by atoms with Gasteiger partial charge in [0.05, 0.1) is 11.2 Å². The Kier molecular flexibility index (Phi) is 13.3. The zero-order valence-electron chi connectivity index (χ0n) is 52.4. The predicted molar refractivity (Wildman–Crippen MR) is 363 cm³/mol. The SMILES string of the molecule is CC(C)C(C)c1ccc2c(c1)N(c1ccc(C(C)(C)C)cc1-c1ccccc1)c1cc(N3c4ccc(N(c5ccccc5)c5ccccc5)cc4C4(C)CCCCC34C)cc3c1B2c1ccc(C(C)(C)C)cc1N3c1cccc(C(C)(C)C)c1. The Morgan fingerprint density at radius 3 is 1.62 bits per heavy atom. The summed E-state index contributed by atoms with van der Waals surface area (Å²) in [5.74, 6) is 0.819. The summed E-state index contributed by atoms with van der Waals surface area (Å²) in [6, 6.07) is 77.6. The molecular weight excluding hydrogens is 1020 g/mol. The molecule has 3 aliphatic heterocycles. The minimum Gasteiger partial charge on any atom is -0.334 e. The molecule has 0 saturated heterocycles. The number of fused-ring (bicyclic) bond motifs is 7. The number of benzene rings is 9. The number of anilines is 11. The molecule has 1 fully saturated rings. The summed E-state index contributed by atoms with van der Waals surface area (Å²) in [7, 11) is 0. The first-order chi connectivity index (χ1) is 40.0. The normalized spacial score (nSPS) is 18.5. The van der Waals surface area contributed by atoms with Gasteiger partial charge in [-0.1, -0.05) is 212 Å². The van der Waals surface area contributed by atoms with Crippen LogP contribution in [0.1, 0.15) is 156 Å². The molecule has 84 heavy (non-hydrogen) atoms. The van der Waals surface area contributed by atoms with Crippen molar-refractivity contribution in [2.75, 3.05) is 19.6 Å². The highest BCUT2D eigenvalue weighted by Crippen LogP contribution is 2.63. The second-order valence-corrected chi connectivity index (χ2v) is 28.9. The molecule has 424 valence electrons. The van der Waals surface area contributed by atoms with Gasteiger partial charge < -0.3 is 19.6 Å². The lowest BCUT2D eigenvalue weighted by atomic mass is 9.33. The van der Waals surface area contributed by atoms with Crippen LogP contribution in [-0.2, 0) is 21.7 Å². The van der Waals surface area contributed by atoms with Crippen molar-refractivity contribution in [2.45, 2.75) is 156 Å². The Labute approximate surface area is 503 Å². The van der Waals surface area contributed by atoms with Crippen molar-refractivity contribution in [1.82, 2.24) is 0 Å². The predicted octanol–water partition coefficient (Wildman–Crippen LogP) is 20.3. The fraction of sp³-hybridized carbons (Fsp3) is 0.316. The van der Waals surface area contributed by atoms with Gasteiger partial charge in [-0.25, -0.2) is 0 Å². The summed E-state index contributed by atoms with van der Waals surface area (Å²) in [6.45, 7) is 33.5. The molecule has 9 aromatic carbocycles. The first-order valence-corrected chi connectivity index (χ1v) is 31.3. The van der Waals surface area contributed by atoms with Gasteiger partial charge in [-0.15, -0.1) is 0 Å². The molecule has 0 spiro atoms. The van der Waals surface area contributed by atoms with Gasteiger partial charge in [0, 0.05) is 67.9 Å². The van der Waals surface area contributed by atoms with Crippen LogP contribution in [0.25, 0.3) is 11.1 Å². The average Bonchev–Trinajstić information content (AvgIpc) is 1.25. The molecule has 3 heterocycles. The van der Waals surface area contributed by atoms with Crippen molar-refractivity contribution >= 4 is 85.7 Å². The lowest BCUT2D eigenvalue weighted by Crippen LogP contribution is -2.61. The van der Waals surface area contributed by atoms with E-state index >= 15 is 0 Å². The van der Waals surface area contributed by atoms with E-state index in [4.69, 9.17) is 0 Å². The van der Waals surface area contributed by atoms with E-state index < -0.39 is 0 Å². The van der Waals surface area contributed by atoms with Crippen molar-refractivity contribution in [3.63, 3.8) is 0 Å². The fourth-order valence-electron chi connectivity index (χ4n) is 14.8. The molecule has 1 aliphatic carbocycles. The Morgan fingerprint density at radius 1 is 0.440 bits per heavy atom. The maximum atomic E-state index is 2.84. The molecule has 13 rings (SSSR count). The van der Waals surface area contributed by atoms with Crippen molar-refractivity contribution < 1.29 is 0 Å². The third-order valence-corrected chi connectivity index (χ3v) is 20.3. The van der Waals surface area contributed by atoms with Gasteiger partial charge in [-0.3, -0.25) is 0 Å². The van der Waals surface area contributed by atoms with Crippen molar-refractivity contribution in [1.29, 1.82) is 0 Å². The van der Waals surface area contributed by atoms with Crippen LogP contribution in [0.3, 0.4) is 0 Å². The fourth-order valence-corrected chi connectivity index (χ4v) is 14.8. The third-order valence-electron chi connectivity index (χ3n) is 20.3. The molecule has 4 aliphatic rings. The maximum Gasteiger partial charge on any atom is 0.252 e. The summed E-state index contributed by atoms with van der Waals surface area (Å²) in [4.78, 5) is 10.7. The first kappa shape index (κ1) is 55.4. The van der Waals surface area contributed by atoms with Crippen LogP contribution < -0.4 is 36.0 Å². The number of hydrogen-bond acceptors (Lipinski definition) is 4. The molecule has 3 atom stereocenters. The van der Waals surface area contributed by atoms with E-state index in [1.165, 1.54) is 119 Å². The zero-order chi connectivity index (χ0) is 58.8. The monoisotopic (exact) mass is 1100 g/mol. The van der Waals surface area contributed by atoms with Crippen LogP contribution >= 0.6 is 0 Å². The van der Waals surface area contributed by atoms with E-state index in [1.54, 1.807) is 0 Å². The van der Waals surface area contributed by atoms with E-state index in [0.717, 1.165) is 24.2 Å². The van der Waals surface area contributed by atoms with Crippen molar-refractivity contribution in [2.24, 2.45) is 5.92 Å². The summed E-state index contributed by atoms with van der Waals surface area (Å²) in [5, 5.41) is 0. The summed E-state index contributed by atoms with van der Waals surface area (Å²) < 4.78 is 0. The van der Waals surface area contributed by atoms with Crippen LogP contribution in [0.15, 0.2) is 200 Å². The van der Waals surface area contributed by atoms with E-state index in [0.29, 0.717) is 11.8 Å². The van der Waals surface area contributed by atoms with E-state index in [2.05, 4.69) is 317 Å². The van der Waals surface area contributed by atoms with Gasteiger partial charge in [0.15, 0.2) is 0 Å². The summed E-state index contributed by atoms with van der Waals surface area (Å²) in [5.41, 5.74) is 26.1. The van der Waals surface area contributed by atoms with Crippen LogP contribution in [-0.4, -0.2) is 12.3 Å². The molecule has 0 bridgehead atoms. The van der Waals surface area contributed by atoms with Crippen LogP contribution in [0.2, 0.25) is 0 Å². The molecule has 0 amide bonds. The van der Waals surface area contributed by atoms with E-state index in [1.807, 2.05) is 0 Å². The molecule has 0 radical (unpaired) electrons. The van der Waals surface area contributed by atoms with Gasteiger partial charge in [-0.2, -0.15) is 0 Å². The number of hydrogen-bond donors (Lipinski definition) is 0. The molecule has 1 saturated carbocycles. The highest BCUT2D eigenvalue weighted by Gasteiger charge is 2.58. The lowest BCUT2D eigenvalue weighted by molar-refractivity contribution is 0.195. The average molecular weight is 1100 g/mol. The number of nitrogens with zero attached hydrogens (tertiary/aromatic N) is 4. The van der Waals surface area contributed by atoms with Gasteiger partial charge in [-0.05, 0) is 189 Å². The van der Waals surface area contributed by atoms with Gasteiger partial charge in [0.2, 0.25) is 0 Å². The molecule has 9 aromatic rings. The molecule has 0 aromatic heterocycles. The standard InChI is InChI=1S/C79H85BN4/c1-52(2)53(3)55-35-39-66-70(45-55)83(68-41-37-57(76(7,8)9)47-64(68)54-27-18-15-19-28-54)73-51-63(50-72-74(73)80(66)67-40-36-58(77(10,11)12)48-71(67)82(72)61-34-26-29-56(46-61)75(4,5)6)84-69-42-38-62(49-65(69)78(13)43-24-25-44-79(78,84)14)81(59-30-20-16-21-31-59)60-32-22-17-23-33-60/h15-23,26-42,45-53H,24-25,43-44H2,1-14H3. The highest BCUT2D eigenvalue weighted by molar-refractivity contribution is 7.00. The Bertz CT molecular complexity index is 3930. The molecule has 0 N–H and O–H groups in total. The minimum absolute atomic E-state index is 0.0373. The van der Waals surface area contributed by atoms with Crippen LogP contribution in [0, 0.1) is 5.92 Å². The minimum atomic E-state index is -0.249. The van der Waals surface area contributed by atoms with Gasteiger partial charge in [0.25, 0.3) is 6.71 Å². The second kappa shape index (κ2) is 20.2. The third kappa shape index (κ3) is 9.01. The lowest BCUT2D eigenvalue weighted by Gasteiger charge is -2.51. The Hall–Kier alpha value is -7.76. The van der Waals surface area contributed by atoms with Crippen molar-refractivity contribution in [3.8, 4) is 11.1 Å². The molecular formula is C79H85BN4. The second-order valence-electron chi connectivity index (χ2n) is 28.9. The number of para-hydroxylation sites is 2. The van der Waals surface area contributed by atoms with Crippen LogP contribution in [0.5, 0.6) is 0 Å². The largest absolute Gasteiger partial charge is 0.334 e. The quantitative estimate of drug-likeness (QED) is 0.134. The molecule has 3 unspecified atom stereocenters. The topological polar surface area (TPSA) is 13.0 Å². The van der Waals surface area contributed by atoms with E-state index in [-0.39, 0.29) is 33.9 Å². The maximum absolute atomic E-state index is 2.84. The zero-order valence-corrected chi connectivity index (χ0v) is 52.4. The van der Waals surface area contributed by atoms with Gasteiger partial charge in [0.1, 0.15) is 0 Å². The Balaban J connectivity index is 1.16. The Morgan fingerprint density at radius 2 is 0.988 bits per heavy atom. The van der Waals surface area contributed by atoms with Crippen LogP contribution in [0.4, 0.5) is 62.6 Å². The summed E-state index contributed by atoms with van der Waals surface area (Å²) in [6.07, 6.45) is 4.56. The summed E-state index contributed by atoms with van der Waals surface area (Å²) >= 11 is 0. The van der Waals surface area contributed by atoms with Gasteiger partial charge >= 0.3 is 0 Å². The smallest absolute Gasteiger partial charge is 0.252 e.